The van der Waals surface area contributed by atoms with Crippen LogP contribution >= 0.6 is 0 Å². The van der Waals surface area contributed by atoms with Crippen LogP contribution in [-0.2, 0) is 15.6 Å². The lowest BCUT2D eigenvalue weighted by molar-refractivity contribution is -0.135. The van der Waals surface area contributed by atoms with Crippen LogP contribution in [0, 0.1) is 0 Å². The summed E-state index contributed by atoms with van der Waals surface area (Å²) in [6.45, 7) is 15.3. The Hall–Kier alpha value is -1.31. The molecule has 0 unspecified atom stereocenters. The van der Waals surface area contributed by atoms with Crippen LogP contribution in [0.1, 0.15) is 77.5 Å². The van der Waals surface area contributed by atoms with Gasteiger partial charge in [-0.25, -0.2) is 0 Å². The number of fused-ring (bicyclic) bond motifs is 1. The van der Waals surface area contributed by atoms with Gasteiger partial charge in [-0.05, 0) is 27.9 Å². The Morgan fingerprint density at radius 2 is 1.65 bits per heavy atom. The van der Waals surface area contributed by atoms with Crippen LogP contribution in [0.15, 0.2) is 12.1 Å². The Morgan fingerprint density at radius 3 is 2.15 bits per heavy atom. The van der Waals surface area contributed by atoms with Gasteiger partial charge in [0.2, 0.25) is 0 Å². The molecule has 1 heterocycles. The molecule has 2 nitrogen and oxygen atoms in total. The van der Waals surface area contributed by atoms with Crippen molar-refractivity contribution in [3.8, 4) is 5.75 Å². The van der Waals surface area contributed by atoms with Crippen molar-refractivity contribution in [3.05, 3.63) is 28.8 Å². The zero-order valence-corrected chi connectivity index (χ0v) is 13.8. The predicted molar refractivity (Wildman–Crippen MR) is 82.5 cm³/mol. The van der Waals surface area contributed by atoms with Crippen molar-refractivity contribution in [1.29, 1.82) is 0 Å². The Bertz CT molecular complexity index is 542. The average molecular weight is 274 g/mol. The maximum Gasteiger partial charge on any atom is 0.311 e. The molecule has 1 aromatic carbocycles. The normalized spacial score (nSPS) is 19.6. The first kappa shape index (κ1) is 15.1. The van der Waals surface area contributed by atoms with Gasteiger partial charge in [-0.3, -0.25) is 4.79 Å². The average Bonchev–Trinajstić information content (AvgIpc) is 2.24. The largest absolute Gasteiger partial charge is 0.426 e. The molecule has 2 rings (SSSR count). The summed E-state index contributed by atoms with van der Waals surface area (Å²) in [7, 11) is 0. The molecule has 2 heteroatoms. The first-order chi connectivity index (χ1) is 9.00. The van der Waals surface area contributed by atoms with Crippen LogP contribution < -0.4 is 4.74 Å². The number of rotatable bonds is 0. The first-order valence-electron chi connectivity index (χ1n) is 7.39. The highest BCUT2D eigenvalue weighted by Gasteiger charge is 2.32. The lowest BCUT2D eigenvalue weighted by atomic mass is 9.76. The van der Waals surface area contributed by atoms with Crippen LogP contribution in [0.2, 0.25) is 0 Å². The molecule has 0 aromatic heterocycles. The fourth-order valence-corrected chi connectivity index (χ4v) is 2.64. The molecule has 0 saturated carbocycles. The SMILES string of the molecule is C[C@@H]1CC(=O)Oc2c1cc(C(C)(C)C)cc2C(C)(C)C. The zero-order chi connectivity index (χ0) is 15.3. The Balaban J connectivity index is 2.72. The summed E-state index contributed by atoms with van der Waals surface area (Å²) >= 11 is 0. The molecule has 0 fully saturated rings. The first-order valence-corrected chi connectivity index (χ1v) is 7.39. The van der Waals surface area contributed by atoms with E-state index in [4.69, 9.17) is 4.74 Å². The Labute approximate surface area is 122 Å². The van der Waals surface area contributed by atoms with Gasteiger partial charge in [-0.2, -0.15) is 0 Å². The van der Waals surface area contributed by atoms with Gasteiger partial charge < -0.3 is 4.74 Å². The van der Waals surface area contributed by atoms with Crippen LogP contribution in [0.5, 0.6) is 5.75 Å². The van der Waals surface area contributed by atoms with Crippen LogP contribution in [0.3, 0.4) is 0 Å². The van der Waals surface area contributed by atoms with Crippen LogP contribution in [0.25, 0.3) is 0 Å². The number of carbonyl (C=O) groups is 1. The lowest BCUT2D eigenvalue weighted by Crippen LogP contribution is -2.25. The van der Waals surface area contributed by atoms with E-state index in [-0.39, 0.29) is 22.7 Å². The minimum Gasteiger partial charge on any atom is -0.426 e. The highest BCUT2D eigenvalue weighted by atomic mass is 16.5. The van der Waals surface area contributed by atoms with Crippen molar-refractivity contribution >= 4 is 5.97 Å². The van der Waals surface area contributed by atoms with Crippen molar-refractivity contribution in [1.82, 2.24) is 0 Å². The third-order valence-electron chi connectivity index (χ3n) is 4.01. The summed E-state index contributed by atoms with van der Waals surface area (Å²) in [5.74, 6) is 0.919. The number of esters is 1. The molecule has 0 N–H and O–H groups in total. The van der Waals surface area contributed by atoms with Crippen molar-refractivity contribution < 1.29 is 9.53 Å². The van der Waals surface area contributed by atoms with Gasteiger partial charge in [-0.15, -0.1) is 0 Å². The maximum absolute atomic E-state index is 11.8. The molecule has 0 bridgehead atoms. The van der Waals surface area contributed by atoms with E-state index >= 15 is 0 Å². The van der Waals surface area contributed by atoms with Crippen LogP contribution in [-0.4, -0.2) is 5.97 Å². The van der Waals surface area contributed by atoms with Crippen molar-refractivity contribution in [2.75, 3.05) is 0 Å². The van der Waals surface area contributed by atoms with Gasteiger partial charge in [0.25, 0.3) is 0 Å². The Kier molecular flexibility index (Phi) is 3.48. The second-order valence-corrected chi connectivity index (χ2v) is 8.02. The third kappa shape index (κ3) is 2.74. The molecule has 1 aliphatic rings. The molecule has 20 heavy (non-hydrogen) atoms. The topological polar surface area (TPSA) is 26.3 Å². The van der Waals surface area contributed by atoms with E-state index in [1.165, 1.54) is 11.1 Å². The fourth-order valence-electron chi connectivity index (χ4n) is 2.64. The van der Waals surface area contributed by atoms with Gasteiger partial charge >= 0.3 is 5.97 Å². The molecular weight excluding hydrogens is 248 g/mol. The van der Waals surface area contributed by atoms with Crippen LogP contribution in [0.4, 0.5) is 0 Å². The summed E-state index contributed by atoms with van der Waals surface area (Å²) in [5.41, 5.74) is 3.69. The van der Waals surface area contributed by atoms with Crippen molar-refractivity contribution in [2.45, 2.75) is 71.6 Å². The van der Waals surface area contributed by atoms with Crippen molar-refractivity contribution in [3.63, 3.8) is 0 Å². The van der Waals surface area contributed by atoms with Gasteiger partial charge in [0, 0.05) is 5.56 Å². The highest BCUT2D eigenvalue weighted by Crippen LogP contribution is 2.44. The van der Waals surface area contributed by atoms with Gasteiger partial charge in [-0.1, -0.05) is 60.6 Å². The van der Waals surface area contributed by atoms with E-state index in [1.54, 1.807) is 0 Å². The summed E-state index contributed by atoms with van der Waals surface area (Å²) in [6, 6.07) is 4.44. The van der Waals surface area contributed by atoms with E-state index in [2.05, 4.69) is 60.6 Å². The predicted octanol–water partition coefficient (Wildman–Crippen LogP) is 4.69. The third-order valence-corrected chi connectivity index (χ3v) is 4.01. The molecule has 0 radical (unpaired) electrons. The maximum atomic E-state index is 11.8. The summed E-state index contributed by atoms with van der Waals surface area (Å²) in [4.78, 5) is 11.8. The number of hydrogen-bond donors (Lipinski definition) is 0. The summed E-state index contributed by atoms with van der Waals surface area (Å²) < 4.78 is 5.59. The summed E-state index contributed by atoms with van der Waals surface area (Å²) in [6.07, 6.45) is 0.476. The monoisotopic (exact) mass is 274 g/mol. The van der Waals surface area contributed by atoms with E-state index in [0.29, 0.717) is 6.42 Å². The number of carbonyl (C=O) groups excluding carboxylic acids is 1. The Morgan fingerprint density at radius 1 is 1.05 bits per heavy atom. The van der Waals surface area contributed by atoms with E-state index in [1.807, 2.05) is 0 Å². The molecule has 0 saturated heterocycles. The molecule has 0 aliphatic carbocycles. The zero-order valence-electron chi connectivity index (χ0n) is 13.8. The van der Waals surface area contributed by atoms with Gasteiger partial charge in [0.1, 0.15) is 5.75 Å². The molecule has 1 aromatic rings. The van der Waals surface area contributed by atoms with E-state index in [9.17, 15) is 4.79 Å². The standard InChI is InChI=1S/C18H26O2/c1-11-8-15(19)20-16-13(11)9-12(17(2,3)4)10-14(16)18(5,6)7/h9-11H,8H2,1-7H3/t11-/m1/s1. The van der Waals surface area contributed by atoms with Gasteiger partial charge in [0.15, 0.2) is 0 Å². The molecule has 110 valence electrons. The van der Waals surface area contributed by atoms with E-state index in [0.717, 1.165) is 11.3 Å². The molecular formula is C18H26O2. The fraction of sp³-hybridized carbons (Fsp3) is 0.611. The molecule has 0 spiro atoms. The highest BCUT2D eigenvalue weighted by molar-refractivity contribution is 5.77. The second kappa shape index (κ2) is 4.61. The minimum absolute atomic E-state index is 0.0390. The van der Waals surface area contributed by atoms with Gasteiger partial charge in [0.05, 0.1) is 6.42 Å². The number of ether oxygens (including phenoxy) is 1. The van der Waals surface area contributed by atoms with E-state index < -0.39 is 0 Å². The lowest BCUT2D eigenvalue weighted by Gasteiger charge is -2.32. The second-order valence-electron chi connectivity index (χ2n) is 8.02. The molecule has 1 aliphatic heterocycles. The van der Waals surface area contributed by atoms with Crippen molar-refractivity contribution in [2.24, 2.45) is 0 Å². The quantitative estimate of drug-likeness (QED) is 0.506. The smallest absolute Gasteiger partial charge is 0.311 e. The number of benzene rings is 1. The summed E-state index contributed by atoms with van der Waals surface area (Å²) in [5, 5.41) is 0. The minimum atomic E-state index is -0.112. The number of hydrogen-bond acceptors (Lipinski definition) is 2. The molecule has 1 atom stereocenters. The molecule has 0 amide bonds.